The van der Waals surface area contributed by atoms with Gasteiger partial charge in [0.15, 0.2) is 0 Å². The Bertz CT molecular complexity index is 486. The molecule has 0 aliphatic rings. The molecule has 0 saturated carbocycles. The van der Waals surface area contributed by atoms with E-state index in [0.29, 0.717) is 5.92 Å². The van der Waals surface area contributed by atoms with E-state index < -0.39 is 0 Å². The SMILES string of the molecule is CC(C)Cc1cccc(SSc2ccccn2)n1. The van der Waals surface area contributed by atoms with Crippen molar-refractivity contribution in [1.29, 1.82) is 0 Å². The van der Waals surface area contributed by atoms with Crippen molar-refractivity contribution < 1.29 is 0 Å². The van der Waals surface area contributed by atoms with Gasteiger partial charge in [-0.15, -0.1) is 0 Å². The standard InChI is InChI=1S/C14H16N2S2/c1-11(2)10-12-6-5-8-14(16-12)18-17-13-7-3-4-9-15-13/h3-9,11H,10H2,1-2H3. The van der Waals surface area contributed by atoms with Crippen molar-refractivity contribution >= 4 is 21.6 Å². The van der Waals surface area contributed by atoms with Crippen molar-refractivity contribution in [3.63, 3.8) is 0 Å². The van der Waals surface area contributed by atoms with Crippen LogP contribution in [0.5, 0.6) is 0 Å². The molecular formula is C14H16N2S2. The van der Waals surface area contributed by atoms with E-state index in [1.165, 1.54) is 0 Å². The molecule has 0 bridgehead atoms. The second kappa shape index (κ2) is 6.81. The molecule has 0 aliphatic carbocycles. The predicted molar refractivity (Wildman–Crippen MR) is 78.7 cm³/mol. The van der Waals surface area contributed by atoms with Crippen LogP contribution in [0.25, 0.3) is 0 Å². The van der Waals surface area contributed by atoms with Gasteiger partial charge in [-0.2, -0.15) is 0 Å². The van der Waals surface area contributed by atoms with Gasteiger partial charge in [0, 0.05) is 11.9 Å². The highest BCUT2D eigenvalue weighted by molar-refractivity contribution is 8.76. The van der Waals surface area contributed by atoms with Crippen molar-refractivity contribution in [3.05, 3.63) is 48.3 Å². The lowest BCUT2D eigenvalue weighted by Crippen LogP contribution is -1.97. The average Bonchev–Trinajstić information content (AvgIpc) is 2.37. The molecule has 2 nitrogen and oxygen atoms in total. The van der Waals surface area contributed by atoms with Crippen molar-refractivity contribution in [2.45, 2.75) is 30.3 Å². The highest BCUT2D eigenvalue weighted by Gasteiger charge is 2.03. The van der Waals surface area contributed by atoms with Crippen LogP contribution in [0.1, 0.15) is 19.5 Å². The summed E-state index contributed by atoms with van der Waals surface area (Å²) in [5.41, 5.74) is 1.16. The summed E-state index contributed by atoms with van der Waals surface area (Å²) >= 11 is 0. The molecule has 0 saturated heterocycles. The van der Waals surface area contributed by atoms with E-state index in [0.717, 1.165) is 22.2 Å². The van der Waals surface area contributed by atoms with Gasteiger partial charge in [-0.3, -0.25) is 0 Å². The van der Waals surface area contributed by atoms with Crippen LogP contribution in [-0.2, 0) is 6.42 Å². The molecule has 0 unspecified atom stereocenters. The van der Waals surface area contributed by atoms with E-state index in [4.69, 9.17) is 0 Å². The van der Waals surface area contributed by atoms with Crippen LogP contribution in [0.2, 0.25) is 0 Å². The summed E-state index contributed by atoms with van der Waals surface area (Å²) in [6, 6.07) is 12.1. The van der Waals surface area contributed by atoms with Crippen LogP contribution >= 0.6 is 21.6 Å². The molecule has 0 N–H and O–H groups in total. The van der Waals surface area contributed by atoms with Crippen LogP contribution in [0.15, 0.2) is 52.6 Å². The van der Waals surface area contributed by atoms with Gasteiger partial charge in [0.1, 0.15) is 10.1 Å². The van der Waals surface area contributed by atoms with Gasteiger partial charge in [-0.1, -0.05) is 26.0 Å². The fourth-order valence-corrected chi connectivity index (χ4v) is 3.30. The first-order chi connectivity index (χ1) is 8.74. The van der Waals surface area contributed by atoms with E-state index in [2.05, 4.69) is 35.9 Å². The zero-order chi connectivity index (χ0) is 12.8. The molecule has 18 heavy (non-hydrogen) atoms. The fraction of sp³-hybridized carbons (Fsp3) is 0.286. The van der Waals surface area contributed by atoms with Crippen LogP contribution in [0, 0.1) is 5.92 Å². The first kappa shape index (κ1) is 13.4. The molecule has 0 amide bonds. The maximum atomic E-state index is 4.64. The van der Waals surface area contributed by atoms with E-state index in [-0.39, 0.29) is 0 Å². The Morgan fingerprint density at radius 1 is 1.00 bits per heavy atom. The van der Waals surface area contributed by atoms with Crippen molar-refractivity contribution in [1.82, 2.24) is 9.97 Å². The highest BCUT2D eigenvalue weighted by Crippen LogP contribution is 2.34. The number of pyridine rings is 2. The van der Waals surface area contributed by atoms with Crippen LogP contribution in [0.4, 0.5) is 0 Å². The second-order valence-electron chi connectivity index (χ2n) is 4.40. The summed E-state index contributed by atoms with van der Waals surface area (Å²) in [4.78, 5) is 8.92. The van der Waals surface area contributed by atoms with E-state index in [1.54, 1.807) is 21.6 Å². The van der Waals surface area contributed by atoms with Crippen LogP contribution < -0.4 is 0 Å². The monoisotopic (exact) mass is 276 g/mol. The van der Waals surface area contributed by atoms with Crippen molar-refractivity contribution in [3.8, 4) is 0 Å². The zero-order valence-corrected chi connectivity index (χ0v) is 12.2. The number of rotatable bonds is 5. The number of hydrogen-bond donors (Lipinski definition) is 0. The second-order valence-corrected chi connectivity index (χ2v) is 6.57. The number of aromatic nitrogens is 2. The van der Waals surface area contributed by atoms with E-state index in [1.807, 2.05) is 30.5 Å². The quantitative estimate of drug-likeness (QED) is 0.752. The molecular weight excluding hydrogens is 260 g/mol. The van der Waals surface area contributed by atoms with Crippen LogP contribution in [0.3, 0.4) is 0 Å². The van der Waals surface area contributed by atoms with Crippen LogP contribution in [-0.4, -0.2) is 9.97 Å². The smallest absolute Gasteiger partial charge is 0.107 e. The molecule has 2 rings (SSSR count). The molecule has 2 aromatic heterocycles. The molecule has 0 radical (unpaired) electrons. The van der Waals surface area contributed by atoms with Gasteiger partial charge in [-0.05, 0) is 58.2 Å². The third-order valence-corrected chi connectivity index (χ3v) is 4.42. The summed E-state index contributed by atoms with van der Waals surface area (Å²) in [5, 5.41) is 2.06. The first-order valence-corrected chi connectivity index (χ1v) is 8.10. The molecule has 4 heteroatoms. The lowest BCUT2D eigenvalue weighted by atomic mass is 10.1. The molecule has 0 aliphatic heterocycles. The van der Waals surface area contributed by atoms with Gasteiger partial charge in [0.05, 0.1) is 0 Å². The summed E-state index contributed by atoms with van der Waals surface area (Å²) in [6.07, 6.45) is 2.84. The predicted octanol–water partition coefficient (Wildman–Crippen LogP) is 4.47. The number of nitrogens with zero attached hydrogens (tertiary/aromatic N) is 2. The third kappa shape index (κ3) is 4.35. The van der Waals surface area contributed by atoms with E-state index >= 15 is 0 Å². The van der Waals surface area contributed by atoms with Gasteiger partial charge in [0.25, 0.3) is 0 Å². The summed E-state index contributed by atoms with van der Waals surface area (Å²) in [7, 11) is 3.30. The molecule has 94 valence electrons. The maximum Gasteiger partial charge on any atom is 0.107 e. The molecule has 2 heterocycles. The van der Waals surface area contributed by atoms with Gasteiger partial charge in [0.2, 0.25) is 0 Å². The van der Waals surface area contributed by atoms with Crippen molar-refractivity contribution in [2.75, 3.05) is 0 Å². The summed E-state index contributed by atoms with van der Waals surface area (Å²) < 4.78 is 0. The molecule has 0 spiro atoms. The largest absolute Gasteiger partial charge is 0.249 e. The zero-order valence-electron chi connectivity index (χ0n) is 10.5. The Hall–Kier alpha value is -1.00. The van der Waals surface area contributed by atoms with Gasteiger partial charge in [-0.25, -0.2) is 9.97 Å². The first-order valence-electron chi connectivity index (χ1n) is 5.95. The van der Waals surface area contributed by atoms with Crippen molar-refractivity contribution in [2.24, 2.45) is 5.92 Å². The topological polar surface area (TPSA) is 25.8 Å². The molecule has 2 aromatic rings. The Morgan fingerprint density at radius 2 is 1.78 bits per heavy atom. The third-order valence-electron chi connectivity index (χ3n) is 2.25. The normalized spacial score (nSPS) is 10.8. The van der Waals surface area contributed by atoms with Gasteiger partial charge >= 0.3 is 0 Å². The molecule has 0 aromatic carbocycles. The number of hydrogen-bond acceptors (Lipinski definition) is 4. The minimum absolute atomic E-state index is 0.640. The Kier molecular flexibility index (Phi) is 5.08. The molecule has 0 fully saturated rings. The highest BCUT2D eigenvalue weighted by atomic mass is 33.1. The lowest BCUT2D eigenvalue weighted by Gasteiger charge is -2.05. The molecule has 0 atom stereocenters. The summed E-state index contributed by atoms with van der Waals surface area (Å²) in [5.74, 6) is 0.640. The van der Waals surface area contributed by atoms with Gasteiger partial charge < -0.3 is 0 Å². The maximum absolute atomic E-state index is 4.64. The Balaban J connectivity index is 1.97. The minimum Gasteiger partial charge on any atom is -0.249 e. The Labute approximate surface area is 116 Å². The minimum atomic E-state index is 0.640. The summed E-state index contributed by atoms with van der Waals surface area (Å²) in [6.45, 7) is 4.42. The average molecular weight is 276 g/mol. The Morgan fingerprint density at radius 3 is 2.50 bits per heavy atom. The van der Waals surface area contributed by atoms with E-state index in [9.17, 15) is 0 Å². The lowest BCUT2D eigenvalue weighted by molar-refractivity contribution is 0.631. The fourth-order valence-electron chi connectivity index (χ4n) is 1.52.